The number of hydrogen-bond donors (Lipinski definition) is 1. The van der Waals surface area contributed by atoms with E-state index < -0.39 is 0 Å². The maximum Gasteiger partial charge on any atom is 0.242 e. The zero-order valence-electron chi connectivity index (χ0n) is 13.4. The minimum absolute atomic E-state index is 0. The number of rotatable bonds is 5. The number of para-hydroxylation sites is 1. The fraction of sp³-hybridized carbons (Fsp3) is 0.500. The zero-order chi connectivity index (χ0) is 15.9. The number of nitrogen functional groups attached to an aromatic ring is 1. The average molecular weight is 342 g/mol. The van der Waals surface area contributed by atoms with Crippen molar-refractivity contribution in [3.8, 4) is 0 Å². The Morgan fingerprint density at radius 2 is 1.91 bits per heavy atom. The summed E-state index contributed by atoms with van der Waals surface area (Å²) in [5.41, 5.74) is 7.52. The molecule has 0 unspecified atom stereocenters. The standard InChI is InChI=1S/C16H23N3O3.ClH/c1-18(12-16(21)19-8-10-22-11-9-19)15(20)7-6-13-4-2-3-5-14(13)17;/h2-5H,6-12,17H2,1H3;1H. The lowest BCUT2D eigenvalue weighted by molar-refractivity contribution is -0.141. The van der Waals surface area contributed by atoms with E-state index in [4.69, 9.17) is 10.5 Å². The van der Waals surface area contributed by atoms with Crippen LogP contribution in [0, 0.1) is 0 Å². The molecule has 128 valence electrons. The Morgan fingerprint density at radius 3 is 2.57 bits per heavy atom. The van der Waals surface area contributed by atoms with E-state index in [1.807, 2.05) is 24.3 Å². The molecular weight excluding hydrogens is 318 g/mol. The van der Waals surface area contributed by atoms with E-state index >= 15 is 0 Å². The molecule has 1 saturated heterocycles. The first-order valence-corrected chi connectivity index (χ1v) is 7.51. The molecule has 6 nitrogen and oxygen atoms in total. The van der Waals surface area contributed by atoms with Gasteiger partial charge in [-0.25, -0.2) is 0 Å². The number of carbonyl (C=O) groups is 2. The van der Waals surface area contributed by atoms with Crippen LogP contribution in [0.1, 0.15) is 12.0 Å². The van der Waals surface area contributed by atoms with E-state index in [0.29, 0.717) is 44.8 Å². The van der Waals surface area contributed by atoms with Crippen LogP contribution < -0.4 is 5.73 Å². The Labute approximate surface area is 143 Å². The molecule has 7 heteroatoms. The Balaban J connectivity index is 0.00000264. The van der Waals surface area contributed by atoms with Gasteiger partial charge in [0.1, 0.15) is 0 Å². The SMILES string of the molecule is CN(CC(=O)N1CCOCC1)C(=O)CCc1ccccc1N.Cl. The number of hydrogen-bond acceptors (Lipinski definition) is 4. The highest BCUT2D eigenvalue weighted by Crippen LogP contribution is 2.13. The van der Waals surface area contributed by atoms with E-state index in [-0.39, 0.29) is 30.8 Å². The van der Waals surface area contributed by atoms with Crippen LogP contribution in [-0.2, 0) is 20.7 Å². The van der Waals surface area contributed by atoms with Crippen molar-refractivity contribution in [2.75, 3.05) is 45.6 Å². The number of nitrogens with zero attached hydrogens (tertiary/aromatic N) is 2. The van der Waals surface area contributed by atoms with Crippen molar-refractivity contribution in [3.05, 3.63) is 29.8 Å². The highest BCUT2D eigenvalue weighted by Gasteiger charge is 2.20. The van der Waals surface area contributed by atoms with Gasteiger partial charge in [-0.05, 0) is 18.1 Å². The molecule has 0 atom stereocenters. The summed E-state index contributed by atoms with van der Waals surface area (Å²) in [6.07, 6.45) is 0.933. The normalized spacial score (nSPS) is 14.0. The van der Waals surface area contributed by atoms with Crippen LogP contribution in [0.15, 0.2) is 24.3 Å². The number of anilines is 1. The summed E-state index contributed by atoms with van der Waals surface area (Å²) in [6.45, 7) is 2.44. The van der Waals surface area contributed by atoms with Gasteiger partial charge in [0.25, 0.3) is 0 Å². The molecule has 1 aliphatic rings. The predicted octanol–water partition coefficient (Wildman–Crippen LogP) is 0.940. The van der Waals surface area contributed by atoms with E-state index in [0.717, 1.165) is 5.56 Å². The number of amides is 2. The second kappa shape index (κ2) is 9.37. The molecule has 2 amide bonds. The van der Waals surface area contributed by atoms with Gasteiger partial charge < -0.3 is 20.3 Å². The van der Waals surface area contributed by atoms with E-state index in [1.54, 1.807) is 11.9 Å². The molecule has 1 aromatic carbocycles. The topological polar surface area (TPSA) is 75.9 Å². The summed E-state index contributed by atoms with van der Waals surface area (Å²) in [5.74, 6) is -0.0803. The van der Waals surface area contributed by atoms with Crippen molar-refractivity contribution in [1.29, 1.82) is 0 Å². The molecule has 0 aliphatic carbocycles. The van der Waals surface area contributed by atoms with E-state index in [2.05, 4.69) is 0 Å². The molecule has 0 radical (unpaired) electrons. The first-order chi connectivity index (χ1) is 10.6. The highest BCUT2D eigenvalue weighted by atomic mass is 35.5. The molecular formula is C16H24ClN3O3. The second-order valence-corrected chi connectivity index (χ2v) is 5.44. The van der Waals surface area contributed by atoms with Crippen LogP contribution >= 0.6 is 12.4 Å². The van der Waals surface area contributed by atoms with Crippen LogP contribution in [0.3, 0.4) is 0 Å². The van der Waals surface area contributed by atoms with Gasteiger partial charge in [0, 0.05) is 32.2 Å². The third-order valence-corrected chi connectivity index (χ3v) is 3.83. The molecule has 0 spiro atoms. The fourth-order valence-electron chi connectivity index (χ4n) is 2.40. The molecule has 1 fully saturated rings. The van der Waals surface area contributed by atoms with Gasteiger partial charge in [0.2, 0.25) is 11.8 Å². The lowest BCUT2D eigenvalue weighted by Crippen LogP contribution is -2.46. The molecule has 2 rings (SSSR count). The Kier molecular flexibility index (Phi) is 7.85. The fourth-order valence-corrected chi connectivity index (χ4v) is 2.40. The maximum absolute atomic E-state index is 12.1. The predicted molar refractivity (Wildman–Crippen MR) is 91.5 cm³/mol. The summed E-state index contributed by atoms with van der Waals surface area (Å²) in [7, 11) is 1.66. The van der Waals surface area contributed by atoms with Crippen LogP contribution in [-0.4, -0.2) is 61.5 Å². The first-order valence-electron chi connectivity index (χ1n) is 7.51. The van der Waals surface area contributed by atoms with E-state index in [9.17, 15) is 9.59 Å². The van der Waals surface area contributed by atoms with Crippen LogP contribution in [0.25, 0.3) is 0 Å². The van der Waals surface area contributed by atoms with Crippen LogP contribution in [0.5, 0.6) is 0 Å². The van der Waals surface area contributed by atoms with Crippen molar-refractivity contribution in [1.82, 2.24) is 9.80 Å². The number of morpholine rings is 1. The summed E-state index contributed by atoms with van der Waals surface area (Å²) in [4.78, 5) is 27.5. The highest BCUT2D eigenvalue weighted by molar-refractivity contribution is 5.85. The Bertz CT molecular complexity index is 533. The third-order valence-electron chi connectivity index (χ3n) is 3.83. The number of benzene rings is 1. The smallest absolute Gasteiger partial charge is 0.242 e. The van der Waals surface area contributed by atoms with Gasteiger partial charge in [-0.1, -0.05) is 18.2 Å². The van der Waals surface area contributed by atoms with Gasteiger partial charge >= 0.3 is 0 Å². The van der Waals surface area contributed by atoms with Crippen LogP contribution in [0.2, 0.25) is 0 Å². The zero-order valence-corrected chi connectivity index (χ0v) is 14.2. The summed E-state index contributed by atoms with van der Waals surface area (Å²) >= 11 is 0. The summed E-state index contributed by atoms with van der Waals surface area (Å²) in [5, 5.41) is 0. The largest absolute Gasteiger partial charge is 0.399 e. The van der Waals surface area contributed by atoms with Crippen molar-refractivity contribution in [2.24, 2.45) is 0 Å². The van der Waals surface area contributed by atoms with Crippen molar-refractivity contribution >= 4 is 29.9 Å². The lowest BCUT2D eigenvalue weighted by atomic mass is 10.1. The number of nitrogens with two attached hydrogens (primary N) is 1. The molecule has 23 heavy (non-hydrogen) atoms. The molecule has 0 aromatic heterocycles. The number of aryl methyl sites for hydroxylation is 1. The Morgan fingerprint density at radius 1 is 1.26 bits per heavy atom. The van der Waals surface area contributed by atoms with Gasteiger partial charge in [-0.3, -0.25) is 9.59 Å². The van der Waals surface area contributed by atoms with Gasteiger partial charge in [0.15, 0.2) is 0 Å². The summed E-state index contributed by atoms with van der Waals surface area (Å²) in [6, 6.07) is 7.52. The third kappa shape index (κ3) is 5.73. The van der Waals surface area contributed by atoms with Gasteiger partial charge in [0.05, 0.1) is 19.8 Å². The van der Waals surface area contributed by atoms with Gasteiger partial charge in [-0.15, -0.1) is 12.4 Å². The Hall–Kier alpha value is -1.79. The number of likely N-dealkylation sites (N-methyl/N-ethyl adjacent to an activating group) is 1. The molecule has 0 bridgehead atoms. The first kappa shape index (κ1) is 19.3. The van der Waals surface area contributed by atoms with Crippen molar-refractivity contribution in [3.63, 3.8) is 0 Å². The number of carbonyl (C=O) groups excluding carboxylic acids is 2. The van der Waals surface area contributed by atoms with E-state index in [1.165, 1.54) is 4.90 Å². The lowest BCUT2D eigenvalue weighted by Gasteiger charge is -2.28. The number of halogens is 1. The second-order valence-electron chi connectivity index (χ2n) is 5.44. The minimum atomic E-state index is -0.0511. The van der Waals surface area contributed by atoms with Crippen molar-refractivity contribution in [2.45, 2.75) is 12.8 Å². The molecule has 1 heterocycles. The molecule has 0 saturated carbocycles. The maximum atomic E-state index is 12.1. The van der Waals surface area contributed by atoms with Crippen molar-refractivity contribution < 1.29 is 14.3 Å². The molecule has 1 aromatic rings. The monoisotopic (exact) mass is 341 g/mol. The number of ether oxygens (including phenoxy) is 1. The molecule has 1 aliphatic heterocycles. The molecule has 2 N–H and O–H groups in total. The quantitative estimate of drug-likeness (QED) is 0.809. The summed E-state index contributed by atoms with van der Waals surface area (Å²) < 4.78 is 5.21. The average Bonchev–Trinajstić information content (AvgIpc) is 2.54. The van der Waals surface area contributed by atoms with Crippen LogP contribution in [0.4, 0.5) is 5.69 Å². The van der Waals surface area contributed by atoms with Gasteiger partial charge in [-0.2, -0.15) is 0 Å². The minimum Gasteiger partial charge on any atom is -0.399 e.